The lowest BCUT2D eigenvalue weighted by Crippen LogP contribution is -2.46. The van der Waals surface area contributed by atoms with Crippen LogP contribution < -0.4 is 4.74 Å². The molecule has 7 nitrogen and oxygen atoms in total. The van der Waals surface area contributed by atoms with E-state index in [1.165, 1.54) is 0 Å². The van der Waals surface area contributed by atoms with Crippen molar-refractivity contribution in [3.05, 3.63) is 54.4 Å². The molecule has 2 saturated heterocycles. The first kappa shape index (κ1) is 21.6. The number of pyridine rings is 1. The Kier molecular flexibility index (Phi) is 5.45. The van der Waals surface area contributed by atoms with E-state index >= 15 is 0 Å². The van der Waals surface area contributed by atoms with Gasteiger partial charge in [0.2, 0.25) is 0 Å². The van der Waals surface area contributed by atoms with Crippen molar-refractivity contribution in [3.8, 4) is 5.75 Å². The van der Waals surface area contributed by atoms with E-state index in [0.717, 1.165) is 5.56 Å². The van der Waals surface area contributed by atoms with Crippen LogP contribution in [0.5, 0.6) is 5.75 Å². The number of aryl methyl sites for hydroxylation is 1. The molecule has 2 aliphatic heterocycles. The lowest BCUT2D eigenvalue weighted by molar-refractivity contribution is 0.0182. The number of aromatic nitrogens is 1. The number of hydrogen-bond donors (Lipinski definition) is 0. The third kappa shape index (κ3) is 4.13. The van der Waals surface area contributed by atoms with Crippen molar-refractivity contribution in [2.75, 3.05) is 0 Å². The van der Waals surface area contributed by atoms with Crippen molar-refractivity contribution in [3.63, 3.8) is 0 Å². The first-order chi connectivity index (χ1) is 14.6. The zero-order valence-electron chi connectivity index (χ0n) is 18.2. The normalized spacial score (nSPS) is 25.5. The first-order valence-electron chi connectivity index (χ1n) is 10.5. The molecule has 1 aromatic carbocycles. The van der Waals surface area contributed by atoms with Crippen molar-refractivity contribution in [1.82, 2.24) is 9.88 Å². The Bertz CT molecular complexity index is 1050. The van der Waals surface area contributed by atoms with E-state index in [-0.39, 0.29) is 10.9 Å². The topological polar surface area (TPSA) is 85.8 Å². The second-order valence-corrected chi connectivity index (χ2v) is 11.3. The monoisotopic (exact) mass is 444 g/mol. The van der Waals surface area contributed by atoms with Crippen LogP contribution in [0.4, 0.5) is 4.79 Å². The molecule has 0 radical (unpaired) electrons. The highest BCUT2D eigenvalue weighted by Crippen LogP contribution is 2.45. The lowest BCUT2D eigenvalue weighted by Gasteiger charge is -2.29. The molecular weight excluding hydrogens is 416 g/mol. The summed E-state index contributed by atoms with van der Waals surface area (Å²) in [5.74, 6) is 0.480. The Morgan fingerprint density at radius 2 is 1.77 bits per heavy atom. The summed E-state index contributed by atoms with van der Waals surface area (Å²) < 4.78 is 39.2. The minimum atomic E-state index is -3.76. The van der Waals surface area contributed by atoms with E-state index in [1.807, 2.05) is 6.92 Å². The van der Waals surface area contributed by atoms with Crippen LogP contribution in [0, 0.1) is 6.92 Å². The molecule has 0 N–H and O–H groups in total. The summed E-state index contributed by atoms with van der Waals surface area (Å²) in [6.45, 7) is 7.31. The molecule has 2 fully saturated rings. The Morgan fingerprint density at radius 3 is 2.39 bits per heavy atom. The number of benzene rings is 1. The number of carbonyl (C=O) groups is 1. The van der Waals surface area contributed by atoms with Gasteiger partial charge in [-0.1, -0.05) is 17.7 Å². The molecule has 8 heteroatoms. The molecule has 0 saturated carbocycles. The van der Waals surface area contributed by atoms with Crippen LogP contribution in [0.3, 0.4) is 0 Å². The van der Waals surface area contributed by atoms with E-state index in [4.69, 9.17) is 9.47 Å². The zero-order valence-corrected chi connectivity index (χ0v) is 19.0. The molecule has 2 aliphatic rings. The SMILES string of the molecule is Cc1ccc(S(=O)(=O)[C@H]2[C@H](Oc3cccnc3)[C@H]3CC[C@@H]2N3C(=O)OC(C)(C)C)cc1. The molecule has 1 aromatic heterocycles. The van der Waals surface area contributed by atoms with Gasteiger partial charge in [0.05, 0.1) is 23.2 Å². The van der Waals surface area contributed by atoms with Gasteiger partial charge in [0, 0.05) is 6.20 Å². The zero-order chi connectivity index (χ0) is 22.4. The molecular formula is C23H28N2O5S. The molecule has 4 rings (SSSR count). The van der Waals surface area contributed by atoms with Gasteiger partial charge in [-0.2, -0.15) is 0 Å². The highest BCUT2D eigenvalue weighted by molar-refractivity contribution is 7.92. The summed E-state index contributed by atoms with van der Waals surface area (Å²) in [5.41, 5.74) is 0.301. The number of ether oxygens (including phenoxy) is 2. The number of nitrogens with zero attached hydrogens (tertiary/aromatic N) is 2. The van der Waals surface area contributed by atoms with Gasteiger partial charge in [-0.3, -0.25) is 9.88 Å². The summed E-state index contributed by atoms with van der Waals surface area (Å²) in [5, 5.41) is -0.887. The van der Waals surface area contributed by atoms with E-state index in [9.17, 15) is 13.2 Å². The highest BCUT2D eigenvalue weighted by atomic mass is 32.2. The van der Waals surface area contributed by atoms with Crippen LogP contribution in [-0.2, 0) is 14.6 Å². The molecule has 2 bridgehead atoms. The molecule has 4 atom stereocenters. The summed E-state index contributed by atoms with van der Waals surface area (Å²) in [7, 11) is -3.76. The second kappa shape index (κ2) is 7.82. The largest absolute Gasteiger partial charge is 0.485 e. The van der Waals surface area contributed by atoms with E-state index in [1.54, 1.807) is 74.5 Å². The molecule has 0 unspecified atom stereocenters. The van der Waals surface area contributed by atoms with Crippen molar-refractivity contribution in [2.45, 2.75) is 74.5 Å². The average Bonchev–Trinajstić information content (AvgIpc) is 3.24. The summed E-state index contributed by atoms with van der Waals surface area (Å²) in [6, 6.07) is 9.39. The van der Waals surface area contributed by atoms with Gasteiger partial charge in [0.1, 0.15) is 22.7 Å². The predicted octanol–water partition coefficient (Wildman–Crippen LogP) is 3.76. The van der Waals surface area contributed by atoms with E-state index in [0.29, 0.717) is 18.6 Å². The first-order valence-corrected chi connectivity index (χ1v) is 12.0. The Labute approximate surface area is 183 Å². The van der Waals surface area contributed by atoms with Crippen LogP contribution in [0.25, 0.3) is 0 Å². The van der Waals surface area contributed by atoms with Gasteiger partial charge >= 0.3 is 6.09 Å². The third-order valence-corrected chi connectivity index (χ3v) is 8.00. The molecule has 3 heterocycles. The van der Waals surface area contributed by atoms with Crippen molar-refractivity contribution in [1.29, 1.82) is 0 Å². The summed E-state index contributed by atoms with van der Waals surface area (Å²) in [4.78, 5) is 18.9. The van der Waals surface area contributed by atoms with Crippen LogP contribution in [0.2, 0.25) is 0 Å². The van der Waals surface area contributed by atoms with Gasteiger partial charge < -0.3 is 9.47 Å². The van der Waals surface area contributed by atoms with E-state index in [2.05, 4.69) is 4.98 Å². The van der Waals surface area contributed by atoms with Crippen LogP contribution in [0.15, 0.2) is 53.7 Å². The fraction of sp³-hybridized carbons (Fsp3) is 0.478. The van der Waals surface area contributed by atoms with Crippen LogP contribution >= 0.6 is 0 Å². The Balaban J connectivity index is 1.73. The molecule has 2 aromatic rings. The average molecular weight is 445 g/mol. The molecule has 1 amide bonds. The minimum Gasteiger partial charge on any atom is -0.485 e. The smallest absolute Gasteiger partial charge is 0.410 e. The minimum absolute atomic E-state index is 0.236. The highest BCUT2D eigenvalue weighted by Gasteiger charge is 2.62. The van der Waals surface area contributed by atoms with Gasteiger partial charge in [-0.05, 0) is 64.8 Å². The van der Waals surface area contributed by atoms with Gasteiger partial charge in [-0.15, -0.1) is 0 Å². The Morgan fingerprint density at radius 1 is 1.10 bits per heavy atom. The number of hydrogen-bond acceptors (Lipinski definition) is 6. The molecule has 166 valence electrons. The number of amides is 1. The van der Waals surface area contributed by atoms with Crippen molar-refractivity contribution in [2.24, 2.45) is 0 Å². The van der Waals surface area contributed by atoms with Gasteiger partial charge in [-0.25, -0.2) is 13.2 Å². The summed E-state index contributed by atoms with van der Waals surface area (Å²) in [6.07, 6.45) is 3.23. The quantitative estimate of drug-likeness (QED) is 0.714. The maximum Gasteiger partial charge on any atom is 0.410 e. The number of fused-ring (bicyclic) bond motifs is 2. The standard InChI is InChI=1S/C23H28N2O5S/c1-15-7-9-17(10-8-15)31(27,28)21-19-12-11-18(25(19)22(26)30-23(2,3)4)20(21)29-16-6-5-13-24-14-16/h5-10,13-14,18-21H,11-12H2,1-4H3/t18-,19+,20-,21-/m1/s1. The second-order valence-electron chi connectivity index (χ2n) is 9.19. The van der Waals surface area contributed by atoms with Crippen molar-refractivity contribution >= 4 is 15.9 Å². The third-order valence-electron chi connectivity index (χ3n) is 5.77. The lowest BCUT2D eigenvalue weighted by atomic mass is 9.97. The van der Waals surface area contributed by atoms with E-state index < -0.39 is 38.9 Å². The number of carbonyl (C=O) groups excluding carboxylic acids is 1. The Hall–Kier alpha value is -2.61. The number of sulfone groups is 1. The van der Waals surface area contributed by atoms with Gasteiger partial charge in [0.15, 0.2) is 9.84 Å². The fourth-order valence-electron chi connectivity index (χ4n) is 4.52. The van der Waals surface area contributed by atoms with Crippen LogP contribution in [0.1, 0.15) is 39.2 Å². The summed E-state index contributed by atoms with van der Waals surface area (Å²) >= 11 is 0. The fourth-order valence-corrected chi connectivity index (χ4v) is 6.62. The van der Waals surface area contributed by atoms with Crippen molar-refractivity contribution < 1.29 is 22.7 Å². The van der Waals surface area contributed by atoms with Crippen LogP contribution in [-0.4, -0.2) is 53.4 Å². The number of rotatable bonds is 4. The van der Waals surface area contributed by atoms with Gasteiger partial charge in [0.25, 0.3) is 0 Å². The molecule has 0 aliphatic carbocycles. The predicted molar refractivity (Wildman–Crippen MR) is 116 cm³/mol. The molecule has 31 heavy (non-hydrogen) atoms. The maximum absolute atomic E-state index is 13.7. The maximum atomic E-state index is 13.7. The molecule has 0 spiro atoms.